The van der Waals surface area contributed by atoms with Crippen LogP contribution in [-0.4, -0.2) is 19.2 Å². The fourth-order valence-electron chi connectivity index (χ4n) is 2.18. The molecule has 0 spiro atoms. The number of benzene rings is 1. The van der Waals surface area contributed by atoms with Crippen molar-refractivity contribution in [3.63, 3.8) is 0 Å². The van der Waals surface area contributed by atoms with Gasteiger partial charge < -0.3 is 15.4 Å². The van der Waals surface area contributed by atoms with Gasteiger partial charge in [-0.3, -0.25) is 0 Å². The summed E-state index contributed by atoms with van der Waals surface area (Å²) in [4.78, 5) is 2.44. The Balaban J connectivity index is 2.20. The van der Waals surface area contributed by atoms with Crippen LogP contribution in [0.4, 0.5) is 11.4 Å². The molecule has 100 valence electrons. The average Bonchev–Trinajstić information content (AvgIpc) is 3.13. The van der Waals surface area contributed by atoms with Crippen molar-refractivity contribution in [3.8, 4) is 5.75 Å². The van der Waals surface area contributed by atoms with Crippen molar-refractivity contribution in [2.45, 2.75) is 39.7 Å². The highest BCUT2D eigenvalue weighted by atomic mass is 16.5. The summed E-state index contributed by atoms with van der Waals surface area (Å²) in [5.74, 6) is 1.68. The van der Waals surface area contributed by atoms with Crippen molar-refractivity contribution in [1.82, 2.24) is 0 Å². The molecule has 0 radical (unpaired) electrons. The van der Waals surface area contributed by atoms with Crippen LogP contribution in [0, 0.1) is 5.92 Å². The molecule has 0 atom stereocenters. The number of rotatable bonds is 6. The van der Waals surface area contributed by atoms with E-state index >= 15 is 0 Å². The second kappa shape index (κ2) is 5.51. The molecule has 2 rings (SSSR count). The van der Waals surface area contributed by atoms with Gasteiger partial charge in [-0.15, -0.1) is 0 Å². The topological polar surface area (TPSA) is 38.5 Å². The normalized spacial score (nSPS) is 14.9. The zero-order valence-corrected chi connectivity index (χ0v) is 11.6. The highest BCUT2D eigenvalue weighted by molar-refractivity contribution is 5.62. The number of ether oxygens (including phenoxy) is 1. The van der Waals surface area contributed by atoms with Crippen molar-refractivity contribution in [3.05, 3.63) is 18.2 Å². The SMILES string of the molecule is CCOc1cc(N(CC2CC2)C(C)C)ccc1N. The number of anilines is 2. The molecular weight excluding hydrogens is 224 g/mol. The molecule has 3 nitrogen and oxygen atoms in total. The van der Waals surface area contributed by atoms with Gasteiger partial charge in [0, 0.05) is 24.3 Å². The van der Waals surface area contributed by atoms with Crippen LogP contribution in [0.5, 0.6) is 5.75 Å². The summed E-state index contributed by atoms with van der Waals surface area (Å²) < 4.78 is 5.58. The van der Waals surface area contributed by atoms with Gasteiger partial charge in [0.05, 0.1) is 12.3 Å². The van der Waals surface area contributed by atoms with Crippen LogP contribution < -0.4 is 15.4 Å². The second-order valence-corrected chi connectivity index (χ2v) is 5.34. The third-order valence-corrected chi connectivity index (χ3v) is 3.40. The molecule has 0 aliphatic heterocycles. The third kappa shape index (κ3) is 3.09. The van der Waals surface area contributed by atoms with E-state index in [0.29, 0.717) is 12.6 Å². The first-order chi connectivity index (χ1) is 8.61. The van der Waals surface area contributed by atoms with Gasteiger partial charge in [-0.1, -0.05) is 0 Å². The van der Waals surface area contributed by atoms with E-state index in [4.69, 9.17) is 10.5 Å². The van der Waals surface area contributed by atoms with E-state index < -0.39 is 0 Å². The van der Waals surface area contributed by atoms with Crippen LogP contribution in [0.1, 0.15) is 33.6 Å². The largest absolute Gasteiger partial charge is 0.492 e. The summed E-state index contributed by atoms with van der Waals surface area (Å²) in [6.45, 7) is 8.25. The van der Waals surface area contributed by atoms with Crippen LogP contribution in [0.25, 0.3) is 0 Å². The Bertz CT molecular complexity index is 399. The minimum Gasteiger partial charge on any atom is -0.492 e. The van der Waals surface area contributed by atoms with Crippen LogP contribution >= 0.6 is 0 Å². The summed E-state index contributed by atoms with van der Waals surface area (Å²) in [6, 6.07) is 6.62. The van der Waals surface area contributed by atoms with Crippen molar-refractivity contribution in [2.24, 2.45) is 5.92 Å². The summed E-state index contributed by atoms with van der Waals surface area (Å²) in [7, 11) is 0. The fraction of sp³-hybridized carbons (Fsp3) is 0.600. The Morgan fingerprint density at radius 3 is 2.67 bits per heavy atom. The molecule has 0 bridgehead atoms. The van der Waals surface area contributed by atoms with E-state index in [9.17, 15) is 0 Å². The predicted octanol–water partition coefficient (Wildman–Crippen LogP) is 3.29. The maximum Gasteiger partial charge on any atom is 0.144 e. The minimum absolute atomic E-state index is 0.503. The van der Waals surface area contributed by atoms with E-state index in [1.807, 2.05) is 13.0 Å². The number of nitrogens with two attached hydrogens (primary N) is 1. The van der Waals surface area contributed by atoms with Crippen LogP contribution in [0.3, 0.4) is 0 Å². The number of hydrogen-bond acceptors (Lipinski definition) is 3. The Morgan fingerprint density at radius 2 is 2.11 bits per heavy atom. The summed E-state index contributed by atoms with van der Waals surface area (Å²) in [5.41, 5.74) is 7.86. The molecule has 1 aliphatic rings. The first-order valence-electron chi connectivity index (χ1n) is 6.90. The lowest BCUT2D eigenvalue weighted by atomic mass is 10.2. The molecule has 1 aliphatic carbocycles. The Hall–Kier alpha value is -1.38. The average molecular weight is 248 g/mol. The number of hydrogen-bond donors (Lipinski definition) is 1. The molecule has 2 N–H and O–H groups in total. The van der Waals surface area contributed by atoms with E-state index in [1.54, 1.807) is 0 Å². The van der Waals surface area contributed by atoms with Gasteiger partial charge in [0.1, 0.15) is 5.75 Å². The fourth-order valence-corrected chi connectivity index (χ4v) is 2.18. The molecule has 0 amide bonds. The maximum atomic E-state index is 5.92. The molecule has 0 saturated heterocycles. The van der Waals surface area contributed by atoms with Crippen molar-refractivity contribution in [1.29, 1.82) is 0 Å². The maximum absolute atomic E-state index is 5.92. The molecule has 1 saturated carbocycles. The number of nitrogens with zero attached hydrogens (tertiary/aromatic N) is 1. The minimum atomic E-state index is 0.503. The molecule has 1 aromatic rings. The zero-order chi connectivity index (χ0) is 13.1. The molecular formula is C15H24N2O. The van der Waals surface area contributed by atoms with Gasteiger partial charge in [0.2, 0.25) is 0 Å². The molecule has 0 heterocycles. The summed E-state index contributed by atoms with van der Waals surface area (Å²) >= 11 is 0. The lowest BCUT2D eigenvalue weighted by Gasteiger charge is -2.29. The Labute approximate surface area is 110 Å². The van der Waals surface area contributed by atoms with Crippen LogP contribution in [-0.2, 0) is 0 Å². The monoisotopic (exact) mass is 248 g/mol. The van der Waals surface area contributed by atoms with Gasteiger partial charge in [0.15, 0.2) is 0 Å². The van der Waals surface area contributed by atoms with E-state index in [-0.39, 0.29) is 0 Å². The lowest BCUT2D eigenvalue weighted by Crippen LogP contribution is -2.32. The summed E-state index contributed by atoms with van der Waals surface area (Å²) in [5, 5.41) is 0. The third-order valence-electron chi connectivity index (χ3n) is 3.40. The molecule has 1 fully saturated rings. The van der Waals surface area contributed by atoms with Crippen molar-refractivity contribution >= 4 is 11.4 Å². The standard InChI is InChI=1S/C15H24N2O/c1-4-18-15-9-13(7-8-14(15)16)17(11(2)3)10-12-5-6-12/h7-9,11-12H,4-6,10,16H2,1-3H3. The molecule has 0 unspecified atom stereocenters. The molecule has 0 aromatic heterocycles. The zero-order valence-electron chi connectivity index (χ0n) is 11.6. The lowest BCUT2D eigenvalue weighted by molar-refractivity contribution is 0.342. The van der Waals surface area contributed by atoms with Gasteiger partial charge in [0.25, 0.3) is 0 Å². The van der Waals surface area contributed by atoms with Crippen molar-refractivity contribution < 1.29 is 4.74 Å². The van der Waals surface area contributed by atoms with Crippen LogP contribution in [0.15, 0.2) is 18.2 Å². The highest BCUT2D eigenvalue weighted by Crippen LogP contribution is 2.34. The second-order valence-electron chi connectivity index (χ2n) is 5.34. The first kappa shape index (κ1) is 13.1. The quantitative estimate of drug-likeness (QED) is 0.785. The Kier molecular flexibility index (Phi) is 4.00. The van der Waals surface area contributed by atoms with Gasteiger partial charge in [-0.2, -0.15) is 0 Å². The predicted molar refractivity (Wildman–Crippen MR) is 77.2 cm³/mol. The first-order valence-corrected chi connectivity index (χ1v) is 6.90. The van der Waals surface area contributed by atoms with Gasteiger partial charge >= 0.3 is 0 Å². The van der Waals surface area contributed by atoms with E-state index in [2.05, 4.69) is 30.9 Å². The number of nitrogen functional groups attached to an aromatic ring is 1. The van der Waals surface area contributed by atoms with Crippen LogP contribution in [0.2, 0.25) is 0 Å². The summed E-state index contributed by atoms with van der Waals surface area (Å²) in [6.07, 6.45) is 2.74. The van der Waals surface area contributed by atoms with E-state index in [0.717, 1.165) is 23.9 Å². The van der Waals surface area contributed by atoms with Crippen molar-refractivity contribution in [2.75, 3.05) is 23.8 Å². The highest BCUT2D eigenvalue weighted by Gasteiger charge is 2.26. The van der Waals surface area contributed by atoms with E-state index in [1.165, 1.54) is 18.5 Å². The molecule has 3 heteroatoms. The molecule has 1 aromatic carbocycles. The smallest absolute Gasteiger partial charge is 0.144 e. The van der Waals surface area contributed by atoms with Gasteiger partial charge in [-0.05, 0) is 51.7 Å². The molecule has 18 heavy (non-hydrogen) atoms. The Morgan fingerprint density at radius 1 is 1.39 bits per heavy atom. The van der Waals surface area contributed by atoms with Gasteiger partial charge in [-0.25, -0.2) is 0 Å².